The minimum absolute atomic E-state index is 0.201. The maximum absolute atomic E-state index is 8.87. The zero-order valence-corrected chi connectivity index (χ0v) is 11.9. The van der Waals surface area contributed by atoms with Crippen LogP contribution >= 0.6 is 22.6 Å². The summed E-state index contributed by atoms with van der Waals surface area (Å²) >= 11 is 2.29. The lowest BCUT2D eigenvalue weighted by atomic mass is 9.90. The van der Waals surface area contributed by atoms with Crippen molar-refractivity contribution in [1.29, 1.82) is 5.26 Å². The Morgan fingerprint density at radius 1 is 1.31 bits per heavy atom. The number of nitrogens with one attached hydrogen (secondary N) is 1. The molecule has 0 aliphatic carbocycles. The van der Waals surface area contributed by atoms with E-state index in [2.05, 4.69) is 58.2 Å². The van der Waals surface area contributed by atoms with Crippen LogP contribution in [0.2, 0.25) is 0 Å². The Morgan fingerprint density at radius 3 is 2.50 bits per heavy atom. The molecule has 86 valence electrons. The lowest BCUT2D eigenvalue weighted by Gasteiger charge is -2.15. The third-order valence-electron chi connectivity index (χ3n) is 2.45. The van der Waals surface area contributed by atoms with Crippen molar-refractivity contribution in [3.05, 3.63) is 27.8 Å². The van der Waals surface area contributed by atoms with Crippen LogP contribution in [0.25, 0.3) is 0 Å². The quantitative estimate of drug-likeness (QED) is 0.654. The Labute approximate surface area is 111 Å². The molecule has 1 N–H and O–H groups in total. The molecule has 16 heavy (non-hydrogen) atoms. The Bertz CT molecular complexity index is 363. The van der Waals surface area contributed by atoms with Gasteiger partial charge in [-0.25, -0.2) is 0 Å². The highest BCUT2D eigenvalue weighted by Gasteiger charge is 2.15. The van der Waals surface area contributed by atoms with E-state index in [0.29, 0.717) is 0 Å². The smallest absolute Gasteiger partial charge is 0.0683 e. The number of hydrogen-bond acceptors (Lipinski definition) is 2. The van der Waals surface area contributed by atoms with Crippen molar-refractivity contribution in [2.75, 3.05) is 11.9 Å². The largest absolute Gasteiger partial charge is 0.385 e. The first-order chi connectivity index (χ1) is 7.53. The van der Waals surface area contributed by atoms with Gasteiger partial charge in [-0.05, 0) is 73.5 Å². The molecular weight excluding hydrogens is 311 g/mol. The van der Waals surface area contributed by atoms with Gasteiger partial charge in [-0.15, -0.1) is 0 Å². The Balaban J connectivity index is 2.27. The van der Waals surface area contributed by atoms with Crippen LogP contribution in [-0.2, 0) is 0 Å². The molecule has 0 spiro atoms. The number of nitriles is 1. The van der Waals surface area contributed by atoms with Crippen LogP contribution in [0.5, 0.6) is 0 Å². The highest BCUT2D eigenvalue weighted by molar-refractivity contribution is 14.1. The van der Waals surface area contributed by atoms with E-state index in [1.807, 2.05) is 13.8 Å². The summed E-state index contributed by atoms with van der Waals surface area (Å²) in [5.41, 5.74) is 0.948. The molecule has 0 saturated carbocycles. The van der Waals surface area contributed by atoms with Gasteiger partial charge in [0.05, 0.1) is 11.5 Å². The zero-order chi connectivity index (χ0) is 12.0. The molecule has 3 heteroatoms. The average Bonchev–Trinajstić information content (AvgIpc) is 2.27. The number of anilines is 1. The molecule has 0 fully saturated rings. The van der Waals surface area contributed by atoms with Gasteiger partial charge >= 0.3 is 0 Å². The molecule has 0 bridgehead atoms. The minimum atomic E-state index is -0.201. The molecule has 0 aromatic heterocycles. The van der Waals surface area contributed by atoms with Crippen LogP contribution in [0.3, 0.4) is 0 Å². The fraction of sp³-hybridized carbons (Fsp3) is 0.462. The topological polar surface area (TPSA) is 35.8 Å². The van der Waals surface area contributed by atoms with Gasteiger partial charge in [-0.2, -0.15) is 5.26 Å². The summed E-state index contributed by atoms with van der Waals surface area (Å²) in [6, 6.07) is 10.7. The monoisotopic (exact) mass is 328 g/mol. The number of benzene rings is 1. The molecule has 0 saturated heterocycles. The van der Waals surface area contributed by atoms with Gasteiger partial charge in [-0.1, -0.05) is 0 Å². The normalized spacial score (nSPS) is 10.9. The summed E-state index contributed by atoms with van der Waals surface area (Å²) in [4.78, 5) is 0. The van der Waals surface area contributed by atoms with Gasteiger partial charge in [0.1, 0.15) is 0 Å². The number of halogens is 1. The van der Waals surface area contributed by atoms with Crippen molar-refractivity contribution in [2.24, 2.45) is 5.41 Å². The second kappa shape index (κ2) is 6.09. The first-order valence-corrected chi connectivity index (χ1v) is 6.52. The molecule has 0 heterocycles. The molecule has 0 amide bonds. The third-order valence-corrected chi connectivity index (χ3v) is 3.17. The fourth-order valence-electron chi connectivity index (χ4n) is 1.39. The summed E-state index contributed by atoms with van der Waals surface area (Å²) in [6.07, 6.45) is 1.95. The van der Waals surface area contributed by atoms with Crippen molar-refractivity contribution in [1.82, 2.24) is 0 Å². The van der Waals surface area contributed by atoms with Gasteiger partial charge in [0.2, 0.25) is 0 Å². The SMILES string of the molecule is CC(C)(C#N)CCCNc1ccc(I)cc1. The minimum Gasteiger partial charge on any atom is -0.385 e. The van der Waals surface area contributed by atoms with Crippen LogP contribution in [0.4, 0.5) is 5.69 Å². The molecular formula is C13H17IN2. The molecule has 0 atom stereocenters. The van der Waals surface area contributed by atoms with Crippen LogP contribution in [-0.4, -0.2) is 6.54 Å². The van der Waals surface area contributed by atoms with E-state index in [1.54, 1.807) is 0 Å². The lowest BCUT2D eigenvalue weighted by Crippen LogP contribution is -2.11. The van der Waals surface area contributed by atoms with Gasteiger partial charge in [-0.3, -0.25) is 0 Å². The van der Waals surface area contributed by atoms with E-state index in [9.17, 15) is 0 Å². The predicted molar refractivity (Wildman–Crippen MR) is 76.3 cm³/mol. The molecule has 1 aromatic carbocycles. The van der Waals surface area contributed by atoms with Crippen molar-refractivity contribution in [3.8, 4) is 6.07 Å². The third kappa shape index (κ3) is 4.84. The molecule has 2 nitrogen and oxygen atoms in total. The fourth-order valence-corrected chi connectivity index (χ4v) is 1.75. The first-order valence-electron chi connectivity index (χ1n) is 5.44. The van der Waals surface area contributed by atoms with Crippen molar-refractivity contribution in [3.63, 3.8) is 0 Å². The van der Waals surface area contributed by atoms with E-state index < -0.39 is 0 Å². The van der Waals surface area contributed by atoms with E-state index in [1.165, 1.54) is 3.57 Å². The Kier molecular flexibility index (Phi) is 5.07. The molecule has 0 aliphatic heterocycles. The Hall–Kier alpha value is -0.760. The average molecular weight is 328 g/mol. The summed E-state index contributed by atoms with van der Waals surface area (Å²) in [5, 5.41) is 12.2. The summed E-state index contributed by atoms with van der Waals surface area (Å²) in [5.74, 6) is 0. The van der Waals surface area contributed by atoms with Gasteiger partial charge in [0, 0.05) is 15.8 Å². The van der Waals surface area contributed by atoms with E-state index in [4.69, 9.17) is 5.26 Å². The molecule has 1 aromatic rings. The standard InChI is InChI=1S/C13H17IN2/c1-13(2,10-15)8-3-9-16-12-6-4-11(14)5-7-12/h4-7,16H,3,8-9H2,1-2H3. The maximum Gasteiger partial charge on any atom is 0.0683 e. The molecule has 0 aliphatic rings. The van der Waals surface area contributed by atoms with Crippen molar-refractivity contribution >= 4 is 28.3 Å². The van der Waals surface area contributed by atoms with Crippen LogP contribution in [0.15, 0.2) is 24.3 Å². The van der Waals surface area contributed by atoms with Gasteiger partial charge in [0.25, 0.3) is 0 Å². The second-order valence-electron chi connectivity index (χ2n) is 4.53. The molecule has 1 rings (SSSR count). The van der Waals surface area contributed by atoms with Gasteiger partial charge < -0.3 is 5.32 Å². The second-order valence-corrected chi connectivity index (χ2v) is 5.78. The summed E-state index contributed by atoms with van der Waals surface area (Å²) in [6.45, 7) is 4.89. The van der Waals surface area contributed by atoms with Crippen LogP contribution < -0.4 is 5.32 Å². The maximum atomic E-state index is 8.87. The van der Waals surface area contributed by atoms with Crippen molar-refractivity contribution in [2.45, 2.75) is 26.7 Å². The number of hydrogen-bond donors (Lipinski definition) is 1. The zero-order valence-electron chi connectivity index (χ0n) is 9.76. The van der Waals surface area contributed by atoms with Gasteiger partial charge in [0.15, 0.2) is 0 Å². The van der Waals surface area contributed by atoms with Crippen LogP contribution in [0, 0.1) is 20.3 Å². The summed E-state index contributed by atoms with van der Waals surface area (Å²) < 4.78 is 1.24. The Morgan fingerprint density at radius 2 is 1.94 bits per heavy atom. The van der Waals surface area contributed by atoms with E-state index >= 15 is 0 Å². The van der Waals surface area contributed by atoms with E-state index in [-0.39, 0.29) is 5.41 Å². The number of nitrogens with zero attached hydrogens (tertiary/aromatic N) is 1. The van der Waals surface area contributed by atoms with Crippen molar-refractivity contribution < 1.29 is 0 Å². The number of rotatable bonds is 5. The highest BCUT2D eigenvalue weighted by atomic mass is 127. The highest BCUT2D eigenvalue weighted by Crippen LogP contribution is 2.20. The lowest BCUT2D eigenvalue weighted by molar-refractivity contribution is 0.441. The first kappa shape index (κ1) is 13.3. The molecule has 0 radical (unpaired) electrons. The molecule has 0 unspecified atom stereocenters. The van der Waals surface area contributed by atoms with E-state index in [0.717, 1.165) is 25.1 Å². The predicted octanol–water partition coefficient (Wildman–Crippen LogP) is 4.03. The summed E-state index contributed by atoms with van der Waals surface area (Å²) in [7, 11) is 0. The van der Waals surface area contributed by atoms with Crippen LogP contribution in [0.1, 0.15) is 26.7 Å².